The Morgan fingerprint density at radius 2 is 1.91 bits per heavy atom. The molecule has 122 valence electrons. The molecule has 0 saturated carbocycles. The lowest BCUT2D eigenvalue weighted by atomic mass is 9.99. The topological polar surface area (TPSA) is 60.9 Å². The van der Waals surface area contributed by atoms with Gasteiger partial charge in [-0.2, -0.15) is 13.2 Å². The Kier molecular flexibility index (Phi) is 3.16. The third-order valence-corrected chi connectivity index (χ3v) is 4.71. The summed E-state index contributed by atoms with van der Waals surface area (Å²) in [7, 11) is 0. The summed E-state index contributed by atoms with van der Waals surface area (Å²) in [5.41, 5.74) is -0.950. The Morgan fingerprint density at radius 3 is 2.50 bits per heavy atom. The average molecular weight is 319 g/mol. The third kappa shape index (κ3) is 2.05. The van der Waals surface area contributed by atoms with Crippen molar-refractivity contribution in [1.82, 2.24) is 14.7 Å². The van der Waals surface area contributed by atoms with Crippen LogP contribution in [0.5, 0.6) is 0 Å². The number of carbonyl (C=O) groups is 3. The lowest BCUT2D eigenvalue weighted by Crippen LogP contribution is -2.48. The smallest absolute Gasteiger partial charge is 0.332 e. The minimum Gasteiger partial charge on any atom is -0.332 e. The molecule has 3 fully saturated rings. The number of fused-ring (bicyclic) bond motifs is 1. The number of hydrogen-bond acceptors (Lipinski definition) is 3. The van der Waals surface area contributed by atoms with Crippen molar-refractivity contribution in [2.45, 2.75) is 43.9 Å². The molecule has 0 aliphatic carbocycles. The van der Waals surface area contributed by atoms with Gasteiger partial charge in [0.15, 0.2) is 0 Å². The maximum absolute atomic E-state index is 12.5. The van der Waals surface area contributed by atoms with Gasteiger partial charge in [-0.15, -0.1) is 0 Å². The van der Waals surface area contributed by atoms with Gasteiger partial charge < -0.3 is 9.80 Å². The van der Waals surface area contributed by atoms with Crippen molar-refractivity contribution in [2.24, 2.45) is 0 Å². The molecule has 0 N–H and O–H groups in total. The normalized spacial score (nSPS) is 32.5. The fourth-order valence-electron chi connectivity index (χ4n) is 3.58. The third-order valence-electron chi connectivity index (χ3n) is 4.71. The van der Waals surface area contributed by atoms with E-state index in [4.69, 9.17) is 0 Å². The van der Waals surface area contributed by atoms with Gasteiger partial charge in [0.1, 0.15) is 18.1 Å². The lowest BCUT2D eigenvalue weighted by molar-refractivity contribution is -0.159. The van der Waals surface area contributed by atoms with Crippen molar-refractivity contribution < 1.29 is 27.6 Å². The lowest BCUT2D eigenvalue weighted by Gasteiger charge is -2.23. The summed E-state index contributed by atoms with van der Waals surface area (Å²) in [6, 6.07) is -1.66. The van der Waals surface area contributed by atoms with Gasteiger partial charge >= 0.3 is 12.2 Å². The zero-order valence-electron chi connectivity index (χ0n) is 12.0. The van der Waals surface area contributed by atoms with Crippen molar-refractivity contribution >= 4 is 17.8 Å². The molecule has 0 radical (unpaired) electrons. The summed E-state index contributed by atoms with van der Waals surface area (Å²) in [5, 5.41) is 0. The summed E-state index contributed by atoms with van der Waals surface area (Å²) in [6.45, 7) is 0.633. The Morgan fingerprint density at radius 1 is 1.23 bits per heavy atom. The molecule has 3 saturated heterocycles. The van der Waals surface area contributed by atoms with Gasteiger partial charge in [-0.1, -0.05) is 0 Å². The van der Waals surface area contributed by atoms with Crippen LogP contribution in [0.25, 0.3) is 0 Å². The van der Waals surface area contributed by atoms with Crippen LogP contribution in [-0.2, 0) is 9.59 Å². The van der Waals surface area contributed by atoms with E-state index >= 15 is 0 Å². The van der Waals surface area contributed by atoms with Crippen LogP contribution in [0.3, 0.4) is 0 Å². The van der Waals surface area contributed by atoms with Gasteiger partial charge in [0, 0.05) is 13.1 Å². The maximum atomic E-state index is 12.5. The predicted octanol–water partition coefficient (Wildman–Crippen LogP) is 0.966. The second-order valence-electron chi connectivity index (χ2n) is 6.17. The molecule has 22 heavy (non-hydrogen) atoms. The molecule has 0 aromatic heterocycles. The quantitative estimate of drug-likeness (QED) is 0.713. The van der Waals surface area contributed by atoms with Gasteiger partial charge in [0.2, 0.25) is 5.91 Å². The number of amides is 4. The van der Waals surface area contributed by atoms with Crippen molar-refractivity contribution in [2.75, 3.05) is 19.6 Å². The van der Waals surface area contributed by atoms with E-state index in [1.54, 1.807) is 6.92 Å². The number of rotatable bonds is 2. The summed E-state index contributed by atoms with van der Waals surface area (Å²) < 4.78 is 37.3. The van der Waals surface area contributed by atoms with Crippen LogP contribution in [0.4, 0.5) is 18.0 Å². The second-order valence-corrected chi connectivity index (χ2v) is 6.17. The molecule has 3 rings (SSSR count). The van der Waals surface area contributed by atoms with Crippen LogP contribution in [0.2, 0.25) is 0 Å². The van der Waals surface area contributed by atoms with Crippen LogP contribution in [0, 0.1) is 0 Å². The fraction of sp³-hybridized carbons (Fsp3) is 0.769. The monoisotopic (exact) mass is 319 g/mol. The van der Waals surface area contributed by atoms with Gasteiger partial charge in [0.05, 0.1) is 0 Å². The molecule has 0 bridgehead atoms. The molecule has 0 aromatic rings. The largest absolute Gasteiger partial charge is 0.406 e. The number of likely N-dealkylation sites (tertiary alicyclic amines) is 1. The van der Waals surface area contributed by atoms with E-state index in [0.29, 0.717) is 24.3 Å². The molecule has 3 aliphatic rings. The molecule has 6 nitrogen and oxygen atoms in total. The molecule has 2 atom stereocenters. The predicted molar refractivity (Wildman–Crippen MR) is 67.6 cm³/mol. The number of hydrogen-bond donors (Lipinski definition) is 0. The molecule has 0 unspecified atom stereocenters. The highest BCUT2D eigenvalue weighted by Gasteiger charge is 2.60. The minimum atomic E-state index is -4.49. The highest BCUT2D eigenvalue weighted by atomic mass is 19.4. The van der Waals surface area contributed by atoms with Gasteiger partial charge in [-0.05, 0) is 26.2 Å². The van der Waals surface area contributed by atoms with E-state index in [1.165, 1.54) is 4.90 Å². The Balaban J connectivity index is 1.80. The van der Waals surface area contributed by atoms with Gasteiger partial charge in [-0.3, -0.25) is 9.59 Å². The van der Waals surface area contributed by atoms with Crippen LogP contribution in [0.1, 0.15) is 26.2 Å². The average Bonchev–Trinajstić information content (AvgIpc) is 2.99. The number of urea groups is 1. The van der Waals surface area contributed by atoms with Crippen LogP contribution < -0.4 is 0 Å². The van der Waals surface area contributed by atoms with Crippen LogP contribution >= 0.6 is 0 Å². The highest BCUT2D eigenvalue weighted by molar-refractivity contribution is 6.10. The SMILES string of the molecule is C[C@]12CCCN1C(=O)N([C@H]1CCN(CC(F)(F)F)C1=O)C2=O. The van der Waals surface area contributed by atoms with Crippen LogP contribution in [0.15, 0.2) is 0 Å². The Labute approximate surface area is 124 Å². The summed E-state index contributed by atoms with van der Waals surface area (Å²) in [6.07, 6.45) is -3.21. The first-order chi connectivity index (χ1) is 10.1. The Bertz CT molecular complexity index is 550. The molecule has 4 amide bonds. The standard InChI is InChI=1S/C13H16F3N3O3/c1-12-4-2-5-18(12)11(22)19(10(12)21)8-3-6-17(9(8)20)7-13(14,15)16/h8H,2-7H2,1H3/t8-,12+/m0/s1. The van der Waals surface area contributed by atoms with E-state index in [1.807, 2.05) is 0 Å². The summed E-state index contributed by atoms with van der Waals surface area (Å²) >= 11 is 0. The van der Waals surface area contributed by atoms with Crippen molar-refractivity contribution in [3.63, 3.8) is 0 Å². The van der Waals surface area contributed by atoms with E-state index < -0.39 is 42.1 Å². The van der Waals surface area contributed by atoms with E-state index in [2.05, 4.69) is 0 Å². The van der Waals surface area contributed by atoms with Crippen LogP contribution in [-0.4, -0.2) is 69.9 Å². The van der Waals surface area contributed by atoms with E-state index in [9.17, 15) is 27.6 Å². The number of alkyl halides is 3. The first-order valence-electron chi connectivity index (χ1n) is 7.16. The molecule has 0 spiro atoms. The first-order valence-corrected chi connectivity index (χ1v) is 7.16. The summed E-state index contributed by atoms with van der Waals surface area (Å²) in [5.74, 6) is -1.27. The van der Waals surface area contributed by atoms with E-state index in [0.717, 1.165) is 4.90 Å². The second kappa shape index (κ2) is 4.60. The number of halogens is 3. The fourth-order valence-corrected chi connectivity index (χ4v) is 3.58. The number of nitrogens with zero attached hydrogens (tertiary/aromatic N) is 3. The summed E-state index contributed by atoms with van der Waals surface area (Å²) in [4.78, 5) is 40.0. The molecular formula is C13H16F3N3O3. The minimum absolute atomic E-state index is 0.0519. The maximum Gasteiger partial charge on any atom is 0.406 e. The van der Waals surface area contributed by atoms with Crippen molar-refractivity contribution in [1.29, 1.82) is 0 Å². The first kappa shape index (κ1) is 15.1. The zero-order valence-corrected chi connectivity index (χ0v) is 12.0. The van der Waals surface area contributed by atoms with Gasteiger partial charge in [-0.25, -0.2) is 9.69 Å². The molecule has 3 aliphatic heterocycles. The zero-order chi connectivity index (χ0) is 16.3. The number of imide groups is 1. The van der Waals surface area contributed by atoms with Crippen molar-refractivity contribution in [3.05, 3.63) is 0 Å². The van der Waals surface area contributed by atoms with Gasteiger partial charge in [0.25, 0.3) is 5.91 Å². The molecule has 3 heterocycles. The molecule has 9 heteroatoms. The molecular weight excluding hydrogens is 303 g/mol. The van der Waals surface area contributed by atoms with E-state index in [-0.39, 0.29) is 13.0 Å². The molecule has 0 aromatic carbocycles. The Hall–Kier alpha value is -1.80. The highest BCUT2D eigenvalue weighted by Crippen LogP contribution is 2.39. The number of carbonyl (C=O) groups excluding carboxylic acids is 3. The van der Waals surface area contributed by atoms with Crippen molar-refractivity contribution in [3.8, 4) is 0 Å².